The van der Waals surface area contributed by atoms with Crippen LogP contribution in [0.4, 0.5) is 5.69 Å². The van der Waals surface area contributed by atoms with Gasteiger partial charge >= 0.3 is 0 Å². The molecule has 1 aromatic rings. The molecule has 0 spiro atoms. The van der Waals surface area contributed by atoms with E-state index in [2.05, 4.69) is 24.2 Å². The number of piperidine rings is 1. The third kappa shape index (κ3) is 3.07. The molecule has 0 aliphatic carbocycles. The summed E-state index contributed by atoms with van der Waals surface area (Å²) in [4.78, 5) is 14.7. The van der Waals surface area contributed by atoms with Crippen molar-refractivity contribution in [2.45, 2.75) is 26.3 Å². The second-order valence-electron chi connectivity index (χ2n) is 5.65. The number of carbonyl (C=O) groups excluding carboxylic acids is 1. The molecule has 1 heterocycles. The van der Waals surface area contributed by atoms with Crippen LogP contribution in [-0.4, -0.2) is 37.0 Å². The number of anilines is 1. The molecule has 1 aromatic carbocycles. The Bertz CT molecular complexity index is 452. The number of nitrogens with zero attached hydrogens (tertiary/aromatic N) is 1. The molecule has 104 valence electrons. The number of nitrogens with one attached hydrogen (secondary N) is 1. The van der Waals surface area contributed by atoms with E-state index in [9.17, 15) is 4.79 Å². The molecule has 2 unspecified atom stereocenters. The summed E-state index contributed by atoms with van der Waals surface area (Å²) < 4.78 is 0. The van der Waals surface area contributed by atoms with Crippen LogP contribution in [0.3, 0.4) is 0 Å². The Morgan fingerprint density at radius 3 is 2.84 bits per heavy atom. The van der Waals surface area contributed by atoms with Crippen LogP contribution in [-0.2, 0) is 0 Å². The SMILES string of the molecule is Cc1cccc(N)c1C(=O)NC1CCN(C)CC1C. The molecule has 0 aromatic heterocycles. The number of hydrogen-bond acceptors (Lipinski definition) is 3. The molecule has 1 fully saturated rings. The predicted octanol–water partition coefficient (Wildman–Crippen LogP) is 1.65. The number of hydrogen-bond donors (Lipinski definition) is 2. The van der Waals surface area contributed by atoms with Gasteiger partial charge in [-0.15, -0.1) is 0 Å². The van der Waals surface area contributed by atoms with Crippen molar-refractivity contribution in [1.82, 2.24) is 10.2 Å². The quantitative estimate of drug-likeness (QED) is 0.796. The Labute approximate surface area is 115 Å². The second kappa shape index (κ2) is 5.61. The maximum Gasteiger partial charge on any atom is 0.253 e. The number of nitrogens with two attached hydrogens (primary N) is 1. The van der Waals surface area contributed by atoms with E-state index in [4.69, 9.17) is 5.73 Å². The molecule has 19 heavy (non-hydrogen) atoms. The molecule has 1 aliphatic heterocycles. The molecular formula is C15H23N3O. The Morgan fingerprint density at radius 2 is 2.21 bits per heavy atom. The van der Waals surface area contributed by atoms with Gasteiger partial charge in [-0.3, -0.25) is 4.79 Å². The van der Waals surface area contributed by atoms with E-state index in [-0.39, 0.29) is 11.9 Å². The topological polar surface area (TPSA) is 58.4 Å². The summed E-state index contributed by atoms with van der Waals surface area (Å²) in [6.45, 7) is 6.15. The zero-order valence-corrected chi connectivity index (χ0v) is 11.9. The number of nitrogen functional groups attached to an aromatic ring is 1. The summed E-state index contributed by atoms with van der Waals surface area (Å²) in [5, 5.41) is 3.14. The molecule has 0 saturated carbocycles. The first-order valence-electron chi connectivity index (χ1n) is 6.83. The third-order valence-electron chi connectivity index (χ3n) is 3.96. The van der Waals surface area contributed by atoms with Crippen LogP contribution in [0.1, 0.15) is 29.3 Å². The summed E-state index contributed by atoms with van der Waals surface area (Å²) in [6.07, 6.45) is 0.995. The summed E-state index contributed by atoms with van der Waals surface area (Å²) >= 11 is 0. The lowest BCUT2D eigenvalue weighted by molar-refractivity contribution is 0.0884. The molecule has 0 radical (unpaired) electrons. The fraction of sp³-hybridized carbons (Fsp3) is 0.533. The Balaban J connectivity index is 2.09. The van der Waals surface area contributed by atoms with Crippen molar-refractivity contribution < 1.29 is 4.79 Å². The van der Waals surface area contributed by atoms with E-state index in [1.54, 1.807) is 6.07 Å². The molecule has 1 aliphatic rings. The standard InChI is InChI=1S/C15H23N3O/c1-10-5-4-6-12(16)14(10)15(19)17-13-7-8-18(3)9-11(13)2/h4-6,11,13H,7-9,16H2,1-3H3,(H,17,19). The Kier molecular flexibility index (Phi) is 4.10. The van der Waals surface area contributed by atoms with Crippen LogP contribution in [0.2, 0.25) is 0 Å². The van der Waals surface area contributed by atoms with Gasteiger partial charge in [0.1, 0.15) is 0 Å². The van der Waals surface area contributed by atoms with Gasteiger partial charge in [0.2, 0.25) is 0 Å². The van der Waals surface area contributed by atoms with Gasteiger partial charge < -0.3 is 16.0 Å². The minimum absolute atomic E-state index is 0.0444. The molecule has 3 N–H and O–H groups in total. The van der Waals surface area contributed by atoms with Gasteiger partial charge in [0.05, 0.1) is 5.56 Å². The van der Waals surface area contributed by atoms with Crippen LogP contribution in [0.15, 0.2) is 18.2 Å². The fourth-order valence-corrected chi connectivity index (χ4v) is 2.81. The van der Waals surface area contributed by atoms with Crippen molar-refractivity contribution in [3.8, 4) is 0 Å². The first-order chi connectivity index (χ1) is 8.99. The lowest BCUT2D eigenvalue weighted by Gasteiger charge is -2.35. The van der Waals surface area contributed by atoms with Crippen LogP contribution in [0.25, 0.3) is 0 Å². The van der Waals surface area contributed by atoms with Crippen molar-refractivity contribution in [2.24, 2.45) is 5.92 Å². The van der Waals surface area contributed by atoms with Gasteiger partial charge in [-0.25, -0.2) is 0 Å². The first kappa shape index (κ1) is 13.9. The number of likely N-dealkylation sites (tertiary alicyclic amines) is 1. The van der Waals surface area contributed by atoms with Crippen LogP contribution in [0, 0.1) is 12.8 Å². The van der Waals surface area contributed by atoms with Crippen molar-refractivity contribution in [3.05, 3.63) is 29.3 Å². The molecule has 4 nitrogen and oxygen atoms in total. The van der Waals surface area contributed by atoms with E-state index in [0.717, 1.165) is 25.1 Å². The smallest absolute Gasteiger partial charge is 0.253 e. The number of benzene rings is 1. The molecule has 1 amide bonds. The Morgan fingerprint density at radius 1 is 1.47 bits per heavy atom. The van der Waals surface area contributed by atoms with Gasteiger partial charge in [-0.2, -0.15) is 0 Å². The zero-order valence-electron chi connectivity index (χ0n) is 11.9. The number of rotatable bonds is 2. The van der Waals surface area contributed by atoms with Crippen LogP contribution in [0.5, 0.6) is 0 Å². The van der Waals surface area contributed by atoms with E-state index in [1.165, 1.54) is 0 Å². The molecular weight excluding hydrogens is 238 g/mol. The highest BCUT2D eigenvalue weighted by molar-refractivity contribution is 6.00. The number of carbonyl (C=O) groups is 1. The monoisotopic (exact) mass is 261 g/mol. The first-order valence-corrected chi connectivity index (χ1v) is 6.83. The second-order valence-corrected chi connectivity index (χ2v) is 5.65. The van der Waals surface area contributed by atoms with Gasteiger partial charge in [0, 0.05) is 18.3 Å². The highest BCUT2D eigenvalue weighted by atomic mass is 16.1. The molecule has 1 saturated heterocycles. The zero-order chi connectivity index (χ0) is 14.0. The van der Waals surface area contributed by atoms with Gasteiger partial charge in [-0.1, -0.05) is 19.1 Å². The minimum atomic E-state index is -0.0444. The molecule has 0 bridgehead atoms. The largest absolute Gasteiger partial charge is 0.398 e. The third-order valence-corrected chi connectivity index (χ3v) is 3.96. The maximum absolute atomic E-state index is 12.4. The normalized spacial score (nSPS) is 24.2. The summed E-state index contributed by atoms with van der Waals surface area (Å²) in [7, 11) is 2.12. The van der Waals surface area contributed by atoms with Gasteiger partial charge in [0.15, 0.2) is 0 Å². The highest BCUT2D eigenvalue weighted by Gasteiger charge is 2.26. The Hall–Kier alpha value is -1.55. The van der Waals surface area contributed by atoms with Gasteiger partial charge in [0.25, 0.3) is 5.91 Å². The predicted molar refractivity (Wildman–Crippen MR) is 78.1 cm³/mol. The van der Waals surface area contributed by atoms with E-state index in [0.29, 0.717) is 17.2 Å². The maximum atomic E-state index is 12.4. The van der Waals surface area contributed by atoms with Crippen molar-refractivity contribution in [2.75, 3.05) is 25.9 Å². The molecule has 2 atom stereocenters. The number of aryl methyl sites for hydroxylation is 1. The van der Waals surface area contributed by atoms with Gasteiger partial charge in [-0.05, 0) is 44.5 Å². The van der Waals surface area contributed by atoms with Crippen LogP contribution < -0.4 is 11.1 Å². The summed E-state index contributed by atoms with van der Waals surface area (Å²) in [5.74, 6) is 0.421. The highest BCUT2D eigenvalue weighted by Crippen LogP contribution is 2.19. The van der Waals surface area contributed by atoms with E-state index >= 15 is 0 Å². The average Bonchev–Trinajstić information content (AvgIpc) is 2.32. The van der Waals surface area contributed by atoms with Crippen molar-refractivity contribution >= 4 is 11.6 Å². The minimum Gasteiger partial charge on any atom is -0.398 e. The van der Waals surface area contributed by atoms with Crippen LogP contribution >= 0.6 is 0 Å². The number of amides is 1. The average molecular weight is 261 g/mol. The van der Waals surface area contributed by atoms with Crippen molar-refractivity contribution in [3.63, 3.8) is 0 Å². The molecule has 4 heteroatoms. The van der Waals surface area contributed by atoms with Crippen molar-refractivity contribution in [1.29, 1.82) is 0 Å². The summed E-state index contributed by atoms with van der Waals surface area (Å²) in [6, 6.07) is 5.81. The summed E-state index contributed by atoms with van der Waals surface area (Å²) in [5.41, 5.74) is 8.02. The van der Waals surface area contributed by atoms with E-state index in [1.807, 2.05) is 19.1 Å². The lowest BCUT2D eigenvalue weighted by Crippen LogP contribution is -2.49. The fourth-order valence-electron chi connectivity index (χ4n) is 2.81. The molecule has 2 rings (SSSR count). The van der Waals surface area contributed by atoms with E-state index < -0.39 is 0 Å². The lowest BCUT2D eigenvalue weighted by atomic mass is 9.93.